The molecule has 0 aliphatic heterocycles. The number of benzene rings is 1. The maximum atomic E-state index is 13.5. The van der Waals surface area contributed by atoms with Crippen LogP contribution in [0.25, 0.3) is 10.9 Å². The van der Waals surface area contributed by atoms with E-state index in [-0.39, 0.29) is 24.7 Å². The van der Waals surface area contributed by atoms with E-state index in [1.54, 1.807) is 20.0 Å². The fraction of sp³-hybridized carbons (Fsp3) is 0.571. The summed E-state index contributed by atoms with van der Waals surface area (Å²) < 4.78 is 0. The van der Waals surface area contributed by atoms with Crippen LogP contribution >= 0.6 is 0 Å². The molecule has 0 aliphatic carbocycles. The number of fused-ring (bicyclic) bond motifs is 1. The number of unbranched alkanes of at least 4 members (excludes halogenated alkanes) is 1. The number of carboxylic acids is 1. The van der Waals surface area contributed by atoms with E-state index < -0.39 is 47.9 Å². The molecule has 2 aromatic rings. The average molecular weight is 545 g/mol. The first kappa shape index (κ1) is 31.8. The Morgan fingerprint density at radius 1 is 0.923 bits per heavy atom. The van der Waals surface area contributed by atoms with Crippen molar-refractivity contribution in [2.45, 2.75) is 84.0 Å². The van der Waals surface area contributed by atoms with Crippen molar-refractivity contribution in [3.8, 4) is 0 Å². The molecule has 3 amide bonds. The molecule has 2 rings (SSSR count). The van der Waals surface area contributed by atoms with Gasteiger partial charge in [-0.1, -0.05) is 45.9 Å². The highest BCUT2D eigenvalue weighted by Gasteiger charge is 2.32. The highest BCUT2D eigenvalue weighted by atomic mass is 16.4. The molecule has 216 valence electrons. The van der Waals surface area contributed by atoms with Crippen LogP contribution in [0.2, 0.25) is 0 Å². The minimum atomic E-state index is -1.15. The van der Waals surface area contributed by atoms with E-state index in [0.29, 0.717) is 25.8 Å². The number of hydrogen-bond acceptors (Lipinski definition) is 6. The van der Waals surface area contributed by atoms with Crippen LogP contribution in [-0.2, 0) is 25.6 Å². The summed E-state index contributed by atoms with van der Waals surface area (Å²) in [7, 11) is 0. The van der Waals surface area contributed by atoms with Crippen molar-refractivity contribution in [3.63, 3.8) is 0 Å². The van der Waals surface area contributed by atoms with Gasteiger partial charge in [-0.2, -0.15) is 0 Å². The molecule has 0 saturated carbocycles. The van der Waals surface area contributed by atoms with E-state index in [0.717, 1.165) is 16.5 Å². The first-order valence-electron chi connectivity index (χ1n) is 13.6. The molecule has 0 spiro atoms. The van der Waals surface area contributed by atoms with Gasteiger partial charge in [-0.15, -0.1) is 0 Å². The van der Waals surface area contributed by atoms with Crippen molar-refractivity contribution in [2.24, 2.45) is 23.3 Å². The minimum absolute atomic E-state index is 0.166. The Morgan fingerprint density at radius 2 is 1.59 bits per heavy atom. The quantitative estimate of drug-likeness (QED) is 0.155. The number of para-hydroxylation sites is 1. The van der Waals surface area contributed by atoms with Gasteiger partial charge in [0.05, 0.1) is 6.04 Å². The summed E-state index contributed by atoms with van der Waals surface area (Å²) in [5, 5.41) is 18.5. The second-order valence-corrected chi connectivity index (χ2v) is 10.8. The lowest BCUT2D eigenvalue weighted by Crippen LogP contribution is -2.59. The predicted molar refractivity (Wildman–Crippen MR) is 151 cm³/mol. The van der Waals surface area contributed by atoms with Gasteiger partial charge in [-0.25, -0.2) is 4.79 Å². The van der Waals surface area contributed by atoms with Gasteiger partial charge in [0, 0.05) is 23.5 Å². The maximum Gasteiger partial charge on any atom is 0.326 e. The van der Waals surface area contributed by atoms with Crippen molar-refractivity contribution in [3.05, 3.63) is 36.0 Å². The second-order valence-electron chi connectivity index (χ2n) is 10.8. The normalized spacial score (nSPS) is 14.6. The van der Waals surface area contributed by atoms with E-state index >= 15 is 0 Å². The van der Waals surface area contributed by atoms with Crippen molar-refractivity contribution in [1.29, 1.82) is 0 Å². The Balaban J connectivity index is 2.25. The number of nitrogens with one attached hydrogen (secondary N) is 4. The van der Waals surface area contributed by atoms with Gasteiger partial charge in [0.15, 0.2) is 0 Å². The van der Waals surface area contributed by atoms with E-state index in [1.807, 2.05) is 38.1 Å². The molecule has 0 bridgehead atoms. The fourth-order valence-electron chi connectivity index (χ4n) is 4.42. The zero-order valence-electron chi connectivity index (χ0n) is 23.3. The van der Waals surface area contributed by atoms with Crippen LogP contribution in [-0.4, -0.2) is 64.5 Å². The number of rotatable bonds is 16. The lowest BCUT2D eigenvalue weighted by atomic mass is 9.99. The first-order valence-corrected chi connectivity index (χ1v) is 13.6. The molecule has 39 heavy (non-hydrogen) atoms. The third-order valence-electron chi connectivity index (χ3n) is 6.60. The number of H-pyrrole nitrogens is 1. The fourth-order valence-corrected chi connectivity index (χ4v) is 4.42. The Morgan fingerprint density at radius 3 is 2.21 bits per heavy atom. The molecular formula is C28H44N6O5. The SMILES string of the molecule is CC(C)CC(N)C(=O)NC(Cc1c[nH]c2ccccc12)C(=O)NC(C(=O)NC(CCCCN)C(=O)O)C(C)C. The van der Waals surface area contributed by atoms with E-state index in [2.05, 4.69) is 20.9 Å². The standard InChI is InChI=1S/C28H44N6O5/c1-16(2)13-20(30)25(35)33-23(14-18-15-31-21-10-6-5-9-19(18)21)26(36)34-24(17(3)4)27(37)32-22(28(38)39)11-7-8-12-29/h5-6,9-10,15-17,20,22-24,31H,7-8,11-14,29-30H2,1-4H3,(H,32,37)(H,33,35)(H,34,36)(H,38,39). The summed E-state index contributed by atoms with van der Waals surface area (Å²) in [5.74, 6) is -2.94. The van der Waals surface area contributed by atoms with Crippen LogP contribution in [0.5, 0.6) is 0 Å². The predicted octanol–water partition coefficient (Wildman–Crippen LogP) is 1.41. The molecule has 1 heterocycles. The monoisotopic (exact) mass is 544 g/mol. The number of carboxylic acid groups (broad SMARTS) is 1. The van der Waals surface area contributed by atoms with Crippen molar-refractivity contribution in [2.75, 3.05) is 6.54 Å². The molecule has 4 atom stereocenters. The lowest BCUT2D eigenvalue weighted by Gasteiger charge is -2.27. The van der Waals surface area contributed by atoms with Crippen molar-refractivity contribution in [1.82, 2.24) is 20.9 Å². The molecule has 0 saturated heterocycles. The number of aromatic nitrogens is 1. The highest BCUT2D eigenvalue weighted by Crippen LogP contribution is 2.19. The summed E-state index contributed by atoms with van der Waals surface area (Å²) in [6.45, 7) is 7.83. The van der Waals surface area contributed by atoms with Gasteiger partial charge in [-0.3, -0.25) is 14.4 Å². The molecule has 1 aromatic heterocycles. The van der Waals surface area contributed by atoms with Crippen LogP contribution in [0, 0.1) is 11.8 Å². The molecule has 11 heteroatoms. The topological polar surface area (TPSA) is 192 Å². The van der Waals surface area contributed by atoms with Crippen LogP contribution in [0.1, 0.15) is 58.9 Å². The number of carbonyl (C=O) groups excluding carboxylic acids is 3. The highest BCUT2D eigenvalue weighted by molar-refractivity contribution is 5.95. The van der Waals surface area contributed by atoms with Crippen LogP contribution in [0.3, 0.4) is 0 Å². The molecule has 0 fully saturated rings. The van der Waals surface area contributed by atoms with Gasteiger partial charge < -0.3 is 37.5 Å². The van der Waals surface area contributed by atoms with E-state index in [4.69, 9.17) is 11.5 Å². The number of aromatic amines is 1. The summed E-state index contributed by atoms with van der Waals surface area (Å²) in [6.07, 6.45) is 3.81. The van der Waals surface area contributed by atoms with Crippen molar-refractivity contribution >= 4 is 34.6 Å². The molecular weight excluding hydrogens is 500 g/mol. The lowest BCUT2D eigenvalue weighted by molar-refractivity contribution is -0.142. The third kappa shape index (κ3) is 9.67. The van der Waals surface area contributed by atoms with Crippen molar-refractivity contribution < 1.29 is 24.3 Å². The number of aliphatic carboxylic acids is 1. The zero-order chi connectivity index (χ0) is 29.1. The van der Waals surface area contributed by atoms with Crippen LogP contribution in [0.4, 0.5) is 0 Å². The molecule has 0 aliphatic rings. The minimum Gasteiger partial charge on any atom is -0.480 e. The summed E-state index contributed by atoms with van der Waals surface area (Å²) in [6, 6.07) is 3.70. The van der Waals surface area contributed by atoms with Crippen LogP contribution in [0.15, 0.2) is 30.5 Å². The molecule has 1 aromatic carbocycles. The van der Waals surface area contributed by atoms with Gasteiger partial charge in [0.2, 0.25) is 17.7 Å². The summed E-state index contributed by atoms with van der Waals surface area (Å²) in [5.41, 5.74) is 13.3. The summed E-state index contributed by atoms with van der Waals surface area (Å²) >= 11 is 0. The molecule has 9 N–H and O–H groups in total. The van der Waals surface area contributed by atoms with E-state index in [9.17, 15) is 24.3 Å². The second kappa shape index (κ2) is 15.2. The molecule has 11 nitrogen and oxygen atoms in total. The van der Waals surface area contributed by atoms with Gasteiger partial charge in [-0.05, 0) is 55.7 Å². The Labute approximate surface area is 229 Å². The number of hydrogen-bond donors (Lipinski definition) is 7. The molecule has 4 unspecified atom stereocenters. The number of nitrogens with two attached hydrogens (primary N) is 2. The van der Waals surface area contributed by atoms with E-state index in [1.165, 1.54) is 0 Å². The first-order chi connectivity index (χ1) is 18.4. The maximum absolute atomic E-state index is 13.5. The van der Waals surface area contributed by atoms with Crippen LogP contribution < -0.4 is 27.4 Å². The zero-order valence-corrected chi connectivity index (χ0v) is 23.3. The smallest absolute Gasteiger partial charge is 0.326 e. The number of amides is 3. The third-order valence-corrected chi connectivity index (χ3v) is 6.60. The Hall–Kier alpha value is -3.44. The largest absolute Gasteiger partial charge is 0.480 e. The van der Waals surface area contributed by atoms with Gasteiger partial charge >= 0.3 is 5.97 Å². The number of carbonyl (C=O) groups is 4. The van der Waals surface area contributed by atoms with Gasteiger partial charge in [0.1, 0.15) is 18.1 Å². The Bertz CT molecular complexity index is 1110. The van der Waals surface area contributed by atoms with Gasteiger partial charge in [0.25, 0.3) is 0 Å². The summed E-state index contributed by atoms with van der Waals surface area (Å²) in [4.78, 5) is 54.4. The Kier molecular flexibility index (Phi) is 12.4. The molecule has 0 radical (unpaired) electrons. The average Bonchev–Trinajstić information content (AvgIpc) is 3.28.